The lowest BCUT2D eigenvalue weighted by molar-refractivity contribution is -0.252. The summed E-state index contributed by atoms with van der Waals surface area (Å²) in [6.07, 6.45) is 1.50. The van der Waals surface area contributed by atoms with E-state index in [1.807, 2.05) is 103 Å². The van der Waals surface area contributed by atoms with Crippen molar-refractivity contribution >= 4 is 22.8 Å². The number of ether oxygens (including phenoxy) is 2. The molecule has 1 fully saturated rings. The lowest BCUT2D eigenvalue weighted by atomic mass is 10.00. The number of hydrogen-bond acceptors (Lipinski definition) is 5. The third-order valence-electron chi connectivity index (χ3n) is 7.26. The van der Waals surface area contributed by atoms with Crippen molar-refractivity contribution in [1.29, 1.82) is 0 Å². The van der Waals surface area contributed by atoms with Crippen LogP contribution in [0.25, 0.3) is 11.0 Å². The van der Waals surface area contributed by atoms with Crippen LogP contribution in [0.2, 0.25) is 0 Å². The lowest BCUT2D eigenvalue weighted by Gasteiger charge is -2.36. The van der Waals surface area contributed by atoms with Gasteiger partial charge in [-0.25, -0.2) is 9.78 Å². The smallest absolute Gasteiger partial charge is 0.319 e. The number of imidazole rings is 1. The van der Waals surface area contributed by atoms with Gasteiger partial charge in [-0.15, -0.1) is 0 Å². The summed E-state index contributed by atoms with van der Waals surface area (Å²) in [6, 6.07) is 32.9. The molecule has 1 aliphatic rings. The number of aromatic nitrogens is 2. The number of aliphatic hydroxyl groups excluding tert-OH is 1. The molecule has 0 bridgehead atoms. The summed E-state index contributed by atoms with van der Waals surface area (Å²) in [5, 5.41) is 15.3. The number of amides is 2. The minimum Gasteiger partial charge on any atom is -0.392 e. The number of nitrogens with one attached hydrogen (secondary N) is 2. The zero-order valence-electron chi connectivity index (χ0n) is 22.5. The Labute approximate surface area is 238 Å². The molecule has 6 rings (SSSR count). The fourth-order valence-electron chi connectivity index (χ4n) is 5.12. The predicted octanol–water partition coefficient (Wildman–Crippen LogP) is 6.10. The number of carbonyl (C=O) groups is 1. The van der Waals surface area contributed by atoms with Crippen LogP contribution in [0.4, 0.5) is 10.5 Å². The highest BCUT2D eigenvalue weighted by Gasteiger charge is 2.32. The molecule has 2 amide bonds. The Morgan fingerprint density at radius 2 is 1.68 bits per heavy atom. The second-order valence-corrected chi connectivity index (χ2v) is 10.2. The molecule has 8 nitrogen and oxygen atoms in total. The molecule has 4 aromatic carbocycles. The number of para-hydroxylation sites is 2. The van der Waals surface area contributed by atoms with Crippen molar-refractivity contribution in [3.8, 4) is 0 Å². The normalized spacial score (nSPS) is 18.7. The third-order valence-corrected chi connectivity index (χ3v) is 7.26. The first-order valence-electron chi connectivity index (χ1n) is 13.7. The van der Waals surface area contributed by atoms with Gasteiger partial charge in [0.25, 0.3) is 0 Å². The van der Waals surface area contributed by atoms with Gasteiger partial charge in [0.05, 0.1) is 42.7 Å². The number of hydrogen-bond donors (Lipinski definition) is 3. The van der Waals surface area contributed by atoms with Crippen LogP contribution < -0.4 is 10.6 Å². The molecule has 0 saturated carbocycles. The first-order valence-corrected chi connectivity index (χ1v) is 13.7. The third kappa shape index (κ3) is 6.47. The van der Waals surface area contributed by atoms with Gasteiger partial charge in [-0.3, -0.25) is 0 Å². The first-order chi connectivity index (χ1) is 20.1. The maximum atomic E-state index is 12.6. The van der Waals surface area contributed by atoms with E-state index in [2.05, 4.69) is 26.3 Å². The molecule has 5 aromatic rings. The molecule has 0 radical (unpaired) electrons. The van der Waals surface area contributed by atoms with Crippen LogP contribution in [0.3, 0.4) is 0 Å². The van der Waals surface area contributed by atoms with Crippen LogP contribution in [0, 0.1) is 0 Å². The molecular formula is C33H32N4O4. The van der Waals surface area contributed by atoms with E-state index in [-0.39, 0.29) is 24.8 Å². The summed E-state index contributed by atoms with van der Waals surface area (Å²) in [5.74, 6) is 0. The number of carbonyl (C=O) groups excluding carboxylic acids is 1. The molecule has 3 atom stereocenters. The first kappa shape index (κ1) is 26.7. The van der Waals surface area contributed by atoms with Gasteiger partial charge in [0, 0.05) is 24.2 Å². The molecule has 0 unspecified atom stereocenters. The Bertz CT molecular complexity index is 1600. The van der Waals surface area contributed by atoms with E-state index in [0.29, 0.717) is 25.2 Å². The molecule has 41 heavy (non-hydrogen) atoms. The minimum absolute atomic E-state index is 0.00735. The number of nitrogens with zero attached hydrogens (tertiary/aromatic N) is 2. The van der Waals surface area contributed by atoms with Crippen molar-refractivity contribution < 1.29 is 19.4 Å². The van der Waals surface area contributed by atoms with Crippen LogP contribution in [-0.2, 0) is 29.2 Å². The summed E-state index contributed by atoms with van der Waals surface area (Å²) >= 11 is 0. The van der Waals surface area contributed by atoms with Crippen molar-refractivity contribution in [3.63, 3.8) is 0 Å². The Morgan fingerprint density at radius 3 is 2.51 bits per heavy atom. The molecule has 1 aromatic heterocycles. The number of benzene rings is 4. The molecule has 8 heteroatoms. The van der Waals surface area contributed by atoms with Gasteiger partial charge in [-0.1, -0.05) is 78.9 Å². The van der Waals surface area contributed by atoms with E-state index in [0.717, 1.165) is 33.3 Å². The maximum absolute atomic E-state index is 12.6. The maximum Gasteiger partial charge on any atom is 0.319 e. The predicted molar refractivity (Wildman–Crippen MR) is 157 cm³/mol. The van der Waals surface area contributed by atoms with Gasteiger partial charge in [0.1, 0.15) is 0 Å². The van der Waals surface area contributed by atoms with Crippen LogP contribution in [0.15, 0.2) is 109 Å². The average molecular weight is 549 g/mol. The minimum atomic E-state index is -0.639. The Balaban J connectivity index is 1.20. The molecule has 0 spiro atoms. The zero-order chi connectivity index (χ0) is 28.0. The summed E-state index contributed by atoms with van der Waals surface area (Å²) in [6.45, 7) is 1.04. The summed E-state index contributed by atoms with van der Waals surface area (Å²) in [5.41, 5.74) is 6.34. The van der Waals surface area contributed by atoms with Gasteiger partial charge >= 0.3 is 6.03 Å². The summed E-state index contributed by atoms with van der Waals surface area (Å²) in [4.78, 5) is 17.1. The number of rotatable bonds is 8. The van der Waals surface area contributed by atoms with Crippen LogP contribution in [-0.4, -0.2) is 26.8 Å². The zero-order valence-corrected chi connectivity index (χ0v) is 22.5. The van der Waals surface area contributed by atoms with Gasteiger partial charge in [-0.05, 0) is 41.0 Å². The van der Waals surface area contributed by atoms with Gasteiger partial charge in [0.15, 0.2) is 6.29 Å². The highest BCUT2D eigenvalue weighted by atomic mass is 16.7. The van der Waals surface area contributed by atoms with E-state index in [9.17, 15) is 9.90 Å². The summed E-state index contributed by atoms with van der Waals surface area (Å²) < 4.78 is 15.1. The van der Waals surface area contributed by atoms with Gasteiger partial charge in [-0.2, -0.15) is 0 Å². The Kier molecular flexibility index (Phi) is 8.04. The second-order valence-electron chi connectivity index (χ2n) is 10.2. The molecule has 208 valence electrons. The molecule has 2 heterocycles. The van der Waals surface area contributed by atoms with Crippen molar-refractivity contribution in [2.45, 2.75) is 44.6 Å². The highest BCUT2D eigenvalue weighted by molar-refractivity contribution is 5.89. The monoisotopic (exact) mass is 548 g/mol. The number of aliphatic hydroxyl groups is 1. The van der Waals surface area contributed by atoms with Crippen LogP contribution >= 0.6 is 0 Å². The largest absolute Gasteiger partial charge is 0.392 e. The Hall–Kier alpha value is -4.50. The molecule has 1 aliphatic heterocycles. The molecule has 3 N–H and O–H groups in total. The van der Waals surface area contributed by atoms with E-state index in [4.69, 9.17) is 9.47 Å². The van der Waals surface area contributed by atoms with Crippen molar-refractivity contribution in [2.24, 2.45) is 0 Å². The fraction of sp³-hybridized carbons (Fsp3) is 0.212. The SMILES string of the molecule is O=C(NCc1ccccc1)Nc1cccc([C@@H]2O[C@H](Cn3cnc4ccccc43)C[C@H](c3ccc(CO)cc3)O2)c1. The van der Waals surface area contributed by atoms with Crippen LogP contribution in [0.1, 0.15) is 41.1 Å². The van der Waals surface area contributed by atoms with Crippen molar-refractivity contribution in [3.05, 3.63) is 132 Å². The van der Waals surface area contributed by atoms with Crippen LogP contribution in [0.5, 0.6) is 0 Å². The van der Waals surface area contributed by atoms with Crippen molar-refractivity contribution in [1.82, 2.24) is 14.9 Å². The molecule has 1 saturated heterocycles. The van der Waals surface area contributed by atoms with E-state index in [1.165, 1.54) is 0 Å². The quantitative estimate of drug-likeness (QED) is 0.218. The highest BCUT2D eigenvalue weighted by Crippen LogP contribution is 2.39. The number of fused-ring (bicyclic) bond motifs is 1. The van der Waals surface area contributed by atoms with E-state index < -0.39 is 6.29 Å². The number of anilines is 1. The second kappa shape index (κ2) is 12.3. The van der Waals surface area contributed by atoms with E-state index in [1.54, 1.807) is 0 Å². The standard InChI is InChI=1S/C33H32N4O4/c38-21-24-13-15-25(16-14-24)31-18-28(20-37-22-35-29-11-4-5-12-30(29)37)40-32(41-31)26-9-6-10-27(17-26)36-33(39)34-19-23-7-2-1-3-8-23/h1-17,22,28,31-32,38H,18-21H2,(H2,34,36,39)/t28-,31+,32+/m0/s1. The average Bonchev–Trinajstić information content (AvgIpc) is 3.43. The molecular weight excluding hydrogens is 516 g/mol. The summed E-state index contributed by atoms with van der Waals surface area (Å²) in [7, 11) is 0. The van der Waals surface area contributed by atoms with Gasteiger partial charge in [0.2, 0.25) is 0 Å². The molecule has 0 aliphatic carbocycles. The van der Waals surface area contributed by atoms with Gasteiger partial charge < -0.3 is 29.8 Å². The van der Waals surface area contributed by atoms with E-state index >= 15 is 0 Å². The Morgan fingerprint density at radius 1 is 0.878 bits per heavy atom. The fourth-order valence-corrected chi connectivity index (χ4v) is 5.12. The van der Waals surface area contributed by atoms with Crippen molar-refractivity contribution in [2.75, 3.05) is 5.32 Å². The number of urea groups is 1. The lowest BCUT2D eigenvalue weighted by Crippen LogP contribution is -2.32. The topological polar surface area (TPSA) is 97.6 Å².